The largest absolute Gasteiger partial charge is 0.463 e. The zero-order valence-electron chi connectivity index (χ0n) is 14.5. The second kappa shape index (κ2) is 6.87. The van der Waals surface area contributed by atoms with Crippen molar-refractivity contribution in [3.05, 3.63) is 47.4 Å². The van der Waals surface area contributed by atoms with Crippen LogP contribution in [0.4, 0.5) is 0 Å². The molecule has 2 unspecified atom stereocenters. The number of hydrogen-bond donors (Lipinski definition) is 2. The topological polar surface area (TPSA) is 63.9 Å². The molecule has 130 valence electrons. The van der Waals surface area contributed by atoms with Crippen LogP contribution in [0.2, 0.25) is 0 Å². The number of aliphatic hydroxyl groups is 1. The normalized spacial score (nSPS) is 16.8. The SMILES string of the molecule is Cc1ccc(C(C)(O)CNC(C)CCc2ccc3c(c2)OCO3)o1. The van der Waals surface area contributed by atoms with E-state index in [9.17, 15) is 5.11 Å². The fraction of sp³-hybridized carbons (Fsp3) is 0.474. The summed E-state index contributed by atoms with van der Waals surface area (Å²) in [6.07, 6.45) is 1.90. The Balaban J connectivity index is 1.48. The molecule has 1 aliphatic rings. The van der Waals surface area contributed by atoms with E-state index in [0.29, 0.717) is 19.1 Å². The molecule has 3 rings (SSSR count). The number of benzene rings is 1. The fourth-order valence-corrected chi connectivity index (χ4v) is 2.77. The molecule has 0 saturated carbocycles. The average Bonchev–Trinajstić information content (AvgIpc) is 3.19. The highest BCUT2D eigenvalue weighted by Crippen LogP contribution is 2.32. The molecule has 1 aromatic carbocycles. The van der Waals surface area contributed by atoms with Crippen LogP contribution in [0.3, 0.4) is 0 Å². The molecule has 1 aromatic heterocycles. The Bertz CT molecular complexity index is 692. The lowest BCUT2D eigenvalue weighted by Crippen LogP contribution is -2.39. The van der Waals surface area contributed by atoms with Crippen molar-refractivity contribution in [1.29, 1.82) is 0 Å². The number of rotatable bonds is 7. The number of nitrogens with one attached hydrogen (secondary N) is 1. The summed E-state index contributed by atoms with van der Waals surface area (Å²) in [6, 6.07) is 10.0. The van der Waals surface area contributed by atoms with Gasteiger partial charge in [-0.15, -0.1) is 0 Å². The molecule has 1 aliphatic heterocycles. The van der Waals surface area contributed by atoms with E-state index < -0.39 is 5.60 Å². The van der Waals surface area contributed by atoms with Crippen molar-refractivity contribution in [1.82, 2.24) is 5.32 Å². The summed E-state index contributed by atoms with van der Waals surface area (Å²) in [5.74, 6) is 3.04. The Labute approximate surface area is 142 Å². The predicted molar refractivity (Wildman–Crippen MR) is 91.4 cm³/mol. The van der Waals surface area contributed by atoms with Crippen LogP contribution >= 0.6 is 0 Å². The molecule has 5 nitrogen and oxygen atoms in total. The number of hydrogen-bond acceptors (Lipinski definition) is 5. The molecule has 0 saturated heterocycles. The predicted octanol–water partition coefficient (Wildman–Crippen LogP) is 3.14. The zero-order chi connectivity index (χ0) is 17.2. The van der Waals surface area contributed by atoms with E-state index in [4.69, 9.17) is 13.9 Å². The van der Waals surface area contributed by atoms with Crippen LogP contribution in [-0.4, -0.2) is 24.5 Å². The van der Waals surface area contributed by atoms with Gasteiger partial charge < -0.3 is 24.3 Å². The highest BCUT2D eigenvalue weighted by atomic mass is 16.7. The van der Waals surface area contributed by atoms with Crippen molar-refractivity contribution in [3.63, 3.8) is 0 Å². The van der Waals surface area contributed by atoms with Crippen LogP contribution in [0.5, 0.6) is 11.5 Å². The third-order valence-corrected chi connectivity index (χ3v) is 4.37. The quantitative estimate of drug-likeness (QED) is 0.816. The summed E-state index contributed by atoms with van der Waals surface area (Å²) in [4.78, 5) is 0. The first kappa shape index (κ1) is 16.9. The third-order valence-electron chi connectivity index (χ3n) is 4.37. The first-order valence-electron chi connectivity index (χ1n) is 8.35. The van der Waals surface area contributed by atoms with Crippen molar-refractivity contribution in [2.24, 2.45) is 0 Å². The molecule has 2 aromatic rings. The van der Waals surface area contributed by atoms with Crippen LogP contribution in [0.15, 0.2) is 34.7 Å². The van der Waals surface area contributed by atoms with E-state index in [2.05, 4.69) is 18.3 Å². The highest BCUT2D eigenvalue weighted by Gasteiger charge is 2.27. The minimum atomic E-state index is -1.01. The lowest BCUT2D eigenvalue weighted by atomic mass is 10.0. The number of fused-ring (bicyclic) bond motifs is 1. The number of ether oxygens (including phenoxy) is 2. The molecule has 2 heterocycles. The molecule has 2 N–H and O–H groups in total. The van der Waals surface area contributed by atoms with Crippen LogP contribution < -0.4 is 14.8 Å². The molecular formula is C19H25NO4. The highest BCUT2D eigenvalue weighted by molar-refractivity contribution is 5.44. The van der Waals surface area contributed by atoms with Gasteiger partial charge in [0.05, 0.1) is 0 Å². The lowest BCUT2D eigenvalue weighted by Gasteiger charge is -2.24. The maximum atomic E-state index is 10.6. The van der Waals surface area contributed by atoms with Crippen molar-refractivity contribution < 1.29 is 19.0 Å². The van der Waals surface area contributed by atoms with Crippen molar-refractivity contribution in [3.8, 4) is 11.5 Å². The van der Waals surface area contributed by atoms with Gasteiger partial charge in [-0.1, -0.05) is 6.07 Å². The molecule has 0 aliphatic carbocycles. The van der Waals surface area contributed by atoms with E-state index in [1.165, 1.54) is 5.56 Å². The van der Waals surface area contributed by atoms with Gasteiger partial charge in [-0.05, 0) is 63.4 Å². The smallest absolute Gasteiger partial charge is 0.231 e. The van der Waals surface area contributed by atoms with Gasteiger partial charge in [-0.25, -0.2) is 0 Å². The average molecular weight is 331 g/mol. The summed E-state index contributed by atoms with van der Waals surface area (Å²) in [6.45, 7) is 6.51. The van der Waals surface area contributed by atoms with E-state index >= 15 is 0 Å². The third kappa shape index (κ3) is 3.91. The van der Waals surface area contributed by atoms with Crippen molar-refractivity contribution in [2.75, 3.05) is 13.3 Å². The summed E-state index contributed by atoms with van der Waals surface area (Å²) < 4.78 is 16.3. The summed E-state index contributed by atoms with van der Waals surface area (Å²) in [5, 5.41) is 13.9. The Morgan fingerprint density at radius 1 is 1.21 bits per heavy atom. The fourth-order valence-electron chi connectivity index (χ4n) is 2.77. The van der Waals surface area contributed by atoms with Crippen LogP contribution in [0.25, 0.3) is 0 Å². The van der Waals surface area contributed by atoms with Gasteiger partial charge in [0.25, 0.3) is 0 Å². The summed E-state index contributed by atoms with van der Waals surface area (Å²) >= 11 is 0. The molecule has 5 heteroatoms. The zero-order valence-corrected chi connectivity index (χ0v) is 14.5. The molecule has 0 bridgehead atoms. The van der Waals surface area contributed by atoms with Crippen molar-refractivity contribution >= 4 is 0 Å². The van der Waals surface area contributed by atoms with Crippen molar-refractivity contribution in [2.45, 2.75) is 45.3 Å². The van der Waals surface area contributed by atoms with E-state index in [-0.39, 0.29) is 6.04 Å². The molecule has 0 spiro atoms. The Morgan fingerprint density at radius 3 is 2.75 bits per heavy atom. The summed E-state index contributed by atoms with van der Waals surface area (Å²) in [7, 11) is 0. The van der Waals surface area contributed by atoms with Crippen LogP contribution in [-0.2, 0) is 12.0 Å². The van der Waals surface area contributed by atoms with Gasteiger partial charge >= 0.3 is 0 Å². The molecule has 0 radical (unpaired) electrons. The lowest BCUT2D eigenvalue weighted by molar-refractivity contribution is 0.0311. The standard InChI is InChI=1S/C19H25NO4/c1-13(20-11-19(3,21)18-9-5-14(2)24-18)4-6-15-7-8-16-17(10-15)23-12-22-16/h5,7-10,13,20-21H,4,6,11-12H2,1-3H3. The van der Waals surface area contributed by atoms with Crippen LogP contribution in [0.1, 0.15) is 37.4 Å². The second-order valence-electron chi connectivity index (χ2n) is 6.69. The number of aryl methyl sites for hydroxylation is 2. The van der Waals surface area contributed by atoms with E-state index in [0.717, 1.165) is 30.1 Å². The maximum Gasteiger partial charge on any atom is 0.231 e. The minimum Gasteiger partial charge on any atom is -0.463 e. The van der Waals surface area contributed by atoms with Gasteiger partial charge in [0.15, 0.2) is 11.5 Å². The monoisotopic (exact) mass is 331 g/mol. The van der Waals surface area contributed by atoms with Gasteiger partial charge in [0.1, 0.15) is 17.1 Å². The second-order valence-corrected chi connectivity index (χ2v) is 6.69. The molecule has 0 amide bonds. The molecular weight excluding hydrogens is 306 g/mol. The Hall–Kier alpha value is -1.98. The van der Waals surface area contributed by atoms with Gasteiger partial charge in [0.2, 0.25) is 6.79 Å². The van der Waals surface area contributed by atoms with Crippen LogP contribution in [0, 0.1) is 6.92 Å². The Kier molecular flexibility index (Phi) is 4.83. The van der Waals surface area contributed by atoms with E-state index in [1.807, 2.05) is 31.2 Å². The van der Waals surface area contributed by atoms with Gasteiger partial charge in [-0.3, -0.25) is 0 Å². The minimum absolute atomic E-state index is 0.276. The van der Waals surface area contributed by atoms with Gasteiger partial charge in [0, 0.05) is 12.6 Å². The Morgan fingerprint density at radius 2 is 2.00 bits per heavy atom. The summed E-state index contributed by atoms with van der Waals surface area (Å²) in [5.41, 5.74) is 0.211. The molecule has 0 fully saturated rings. The van der Waals surface area contributed by atoms with Gasteiger partial charge in [-0.2, -0.15) is 0 Å². The molecule has 24 heavy (non-hydrogen) atoms. The van der Waals surface area contributed by atoms with E-state index in [1.54, 1.807) is 6.92 Å². The first-order valence-corrected chi connectivity index (χ1v) is 8.35. The number of furan rings is 1. The molecule has 2 atom stereocenters. The maximum absolute atomic E-state index is 10.6. The first-order chi connectivity index (χ1) is 11.4.